The number of hydrogen-bond acceptors (Lipinski definition) is 19. The number of ether oxygens (including phenoxy) is 15. The number of fused-ring (bicyclic) bond motifs is 3. The first kappa shape index (κ1) is 81.7. The highest BCUT2D eigenvalue weighted by Gasteiger charge is 2.52. The third-order valence-electron chi connectivity index (χ3n) is 17.2. The fraction of sp³-hybridized carbons (Fsp3) is 0.658. The third kappa shape index (κ3) is 29.0. The van der Waals surface area contributed by atoms with Gasteiger partial charge in [0.2, 0.25) is 5.91 Å². The van der Waals surface area contributed by atoms with Gasteiger partial charge in [-0.1, -0.05) is 54.0 Å². The number of carbonyl (C=O) groups excluding carboxylic acids is 1. The van der Waals surface area contributed by atoms with E-state index in [2.05, 4.69) is 33.5 Å². The summed E-state index contributed by atoms with van der Waals surface area (Å²) >= 11 is 0. The molecular weight excluding hydrogens is 1270 g/mol. The number of nitrogens with one attached hydrogen (secondary N) is 1. The van der Waals surface area contributed by atoms with Crippen LogP contribution < -0.4 is 15.5 Å². The Labute approximate surface area is 579 Å². The van der Waals surface area contributed by atoms with Crippen molar-refractivity contribution in [3.05, 3.63) is 106 Å². The second-order valence-electron chi connectivity index (χ2n) is 24.8. The van der Waals surface area contributed by atoms with Crippen molar-refractivity contribution in [2.75, 3.05) is 206 Å². The lowest BCUT2D eigenvalue weighted by Gasteiger charge is -2.33. The van der Waals surface area contributed by atoms with Crippen molar-refractivity contribution in [1.82, 2.24) is 5.32 Å². The Morgan fingerprint density at radius 1 is 0.459 bits per heavy atom. The van der Waals surface area contributed by atoms with Gasteiger partial charge in [0, 0.05) is 68.4 Å². The molecule has 2 aliphatic rings. The summed E-state index contributed by atoms with van der Waals surface area (Å²) in [6, 6.07) is 21.9. The zero-order chi connectivity index (χ0) is 69.8. The van der Waals surface area contributed by atoms with Crippen molar-refractivity contribution in [3.8, 4) is 39.1 Å². The largest absolute Gasteiger partial charge is 0.494 e. The number of hydrogen-bond donors (Lipinski definition) is 1. The Hall–Kier alpha value is -5.26. The number of azide groups is 1. The number of nitrogens with zero attached hydrogens (tertiary/aromatic N) is 3. The van der Waals surface area contributed by atoms with Crippen LogP contribution in [0.15, 0.2) is 77.9 Å². The van der Waals surface area contributed by atoms with Gasteiger partial charge in [-0.2, -0.15) is 0 Å². The van der Waals surface area contributed by atoms with Gasteiger partial charge >= 0.3 is 7.12 Å². The number of amides is 1. The van der Waals surface area contributed by atoms with Gasteiger partial charge in [0.25, 0.3) is 0 Å². The Bertz CT molecular complexity index is 2880. The molecule has 0 spiro atoms. The van der Waals surface area contributed by atoms with Crippen LogP contribution in [-0.4, -0.2) is 230 Å². The summed E-state index contributed by atoms with van der Waals surface area (Å²) in [5, 5.41) is 6.45. The van der Waals surface area contributed by atoms with Crippen molar-refractivity contribution in [2.45, 2.75) is 109 Å². The van der Waals surface area contributed by atoms with Crippen LogP contribution in [0.2, 0.25) is 0 Å². The first-order valence-corrected chi connectivity index (χ1v) is 34.9. The molecule has 1 fully saturated rings. The molecule has 22 nitrogen and oxygen atoms in total. The molecule has 546 valence electrons. The lowest BCUT2D eigenvalue weighted by molar-refractivity contribution is -0.121. The number of benzene rings is 4. The van der Waals surface area contributed by atoms with Crippen molar-refractivity contribution in [3.63, 3.8) is 0 Å². The van der Waals surface area contributed by atoms with E-state index in [9.17, 15) is 4.79 Å². The van der Waals surface area contributed by atoms with Gasteiger partial charge in [0.05, 0.1) is 176 Å². The lowest BCUT2D eigenvalue weighted by atomic mass is 9.69. The average Bonchev–Trinajstić information content (AvgIpc) is 1.56. The highest BCUT2D eigenvalue weighted by molar-refractivity contribution is 6.62. The molecule has 1 atom stereocenters. The molecule has 4 aromatic rings. The smallest absolute Gasteiger partial charge is 0.494 e. The van der Waals surface area contributed by atoms with Gasteiger partial charge in [0.15, 0.2) is 0 Å². The summed E-state index contributed by atoms with van der Waals surface area (Å²) in [5.41, 5.74) is 13.2. The van der Waals surface area contributed by atoms with Crippen LogP contribution in [0, 0.1) is 11.6 Å². The second-order valence-corrected chi connectivity index (χ2v) is 24.8. The highest BCUT2D eigenvalue weighted by Crippen LogP contribution is 2.55. The number of methoxy groups -OCH3 is 2. The minimum Gasteiger partial charge on any atom is -0.494 e. The molecule has 25 heteroatoms. The van der Waals surface area contributed by atoms with Crippen molar-refractivity contribution < 1.29 is 93.9 Å². The molecule has 6 rings (SSSR count). The summed E-state index contributed by atoms with van der Waals surface area (Å²) < 4.78 is 131. The summed E-state index contributed by atoms with van der Waals surface area (Å²) in [6.07, 6.45) is 7.04. The van der Waals surface area contributed by atoms with Crippen molar-refractivity contribution >= 4 is 18.5 Å². The standard InChI is InChI=1S/C73H109BF2N4O18/c1-71(2)72(3,4)98-74(97-71)60-18-22-63-62-21-17-59(65-57-68(75)64(56-69(65)76)58-15-19-61(20-16-58)96-29-11-10-25-78-70(81)14-8-7-9-26-79-80-77)54-66(62)73(67(63)55-60,23-12-27-84-32-30-82-5)24-13-28-85-34-35-87-38-39-89-42-43-91-46-47-93-50-51-95-53-52-94-49-48-92-45-44-90-41-40-88-37-36-86-33-31-83-6/h15-22,54-57H,7-14,23-53H2,1-6H3,(H,78,81). The van der Waals surface area contributed by atoms with Gasteiger partial charge in [-0.05, 0) is 154 Å². The van der Waals surface area contributed by atoms with Gasteiger partial charge in [0.1, 0.15) is 17.4 Å². The summed E-state index contributed by atoms with van der Waals surface area (Å²) in [4.78, 5) is 14.9. The van der Waals surface area contributed by atoms with Crippen LogP contribution in [0.4, 0.5) is 8.78 Å². The van der Waals surface area contributed by atoms with E-state index in [0.717, 1.165) is 59.8 Å². The van der Waals surface area contributed by atoms with E-state index in [0.29, 0.717) is 240 Å². The molecule has 0 bridgehead atoms. The van der Waals surface area contributed by atoms with E-state index in [1.165, 1.54) is 12.1 Å². The minimum absolute atomic E-state index is 0.000429. The predicted octanol–water partition coefficient (Wildman–Crippen LogP) is 11.1. The van der Waals surface area contributed by atoms with Crippen LogP contribution in [0.1, 0.15) is 103 Å². The minimum atomic E-state index is -0.596. The Morgan fingerprint density at radius 3 is 1.32 bits per heavy atom. The molecule has 1 unspecified atom stereocenters. The summed E-state index contributed by atoms with van der Waals surface area (Å²) in [7, 11) is 2.70. The number of carbonyl (C=O) groups is 1. The van der Waals surface area contributed by atoms with Crippen LogP contribution in [0.5, 0.6) is 5.75 Å². The van der Waals surface area contributed by atoms with Crippen LogP contribution in [0.25, 0.3) is 43.8 Å². The molecule has 1 N–H and O–H groups in total. The van der Waals surface area contributed by atoms with E-state index < -0.39 is 35.4 Å². The van der Waals surface area contributed by atoms with E-state index in [1.54, 1.807) is 38.5 Å². The summed E-state index contributed by atoms with van der Waals surface area (Å²) in [5.74, 6) is -0.498. The number of unbranched alkanes of at least 4 members (excludes halogenated alkanes) is 3. The fourth-order valence-corrected chi connectivity index (χ4v) is 11.3. The van der Waals surface area contributed by atoms with E-state index in [-0.39, 0.29) is 17.0 Å². The quantitative estimate of drug-likeness (QED) is 0.0142. The molecule has 0 saturated carbocycles. The maximum atomic E-state index is 16.7. The summed E-state index contributed by atoms with van der Waals surface area (Å²) in [6.45, 7) is 22.0. The van der Waals surface area contributed by atoms with Gasteiger partial charge < -0.3 is 85.7 Å². The Balaban J connectivity index is 0.926. The second kappa shape index (κ2) is 47.8. The van der Waals surface area contributed by atoms with Crippen molar-refractivity contribution in [2.24, 2.45) is 5.11 Å². The zero-order valence-corrected chi connectivity index (χ0v) is 59.0. The monoisotopic (exact) mass is 1380 g/mol. The molecule has 0 aromatic heterocycles. The van der Waals surface area contributed by atoms with Crippen LogP contribution in [-0.2, 0) is 85.8 Å². The van der Waals surface area contributed by atoms with Gasteiger partial charge in [-0.3, -0.25) is 4.79 Å². The first-order valence-electron chi connectivity index (χ1n) is 34.9. The Morgan fingerprint density at radius 2 is 0.867 bits per heavy atom. The van der Waals surface area contributed by atoms with Gasteiger partial charge in [-0.15, -0.1) is 0 Å². The SMILES string of the molecule is COCCOCCCC1(CCCOCCOCCOCCOCCOCCOCCOCCOCCOCCOCCOCCOC)c2cc(B3OC(C)(C)C(C)(C)O3)ccc2-c2ccc(-c3cc(F)c(-c4ccc(OCCCCNC(=O)CCCCCN=[N+]=[N-])cc4)cc3F)cc21. The van der Waals surface area contributed by atoms with Crippen LogP contribution in [0.3, 0.4) is 0 Å². The lowest BCUT2D eigenvalue weighted by Crippen LogP contribution is -2.41. The van der Waals surface area contributed by atoms with E-state index in [1.807, 2.05) is 45.9 Å². The zero-order valence-electron chi connectivity index (χ0n) is 59.0. The molecule has 1 heterocycles. The molecule has 1 saturated heterocycles. The maximum absolute atomic E-state index is 16.7. The molecule has 98 heavy (non-hydrogen) atoms. The predicted molar refractivity (Wildman–Crippen MR) is 371 cm³/mol. The maximum Gasteiger partial charge on any atom is 0.494 e. The fourth-order valence-electron chi connectivity index (χ4n) is 11.3. The molecule has 1 amide bonds. The van der Waals surface area contributed by atoms with Gasteiger partial charge in [-0.25, -0.2) is 8.78 Å². The van der Waals surface area contributed by atoms with E-state index >= 15 is 8.78 Å². The first-order chi connectivity index (χ1) is 47.8. The molecular formula is C73H109BF2N4O18. The number of rotatable bonds is 59. The average molecular weight is 1380 g/mol. The highest BCUT2D eigenvalue weighted by atomic mass is 19.1. The normalized spacial score (nSPS) is 15.2. The Kier molecular flexibility index (Phi) is 39.8. The number of halogens is 2. The molecule has 1 aliphatic carbocycles. The topological polar surface area (TPSA) is 235 Å². The van der Waals surface area contributed by atoms with Crippen molar-refractivity contribution in [1.29, 1.82) is 0 Å². The third-order valence-corrected chi connectivity index (χ3v) is 17.2. The van der Waals surface area contributed by atoms with E-state index in [4.69, 9.17) is 85.9 Å². The molecule has 0 radical (unpaired) electrons. The van der Waals surface area contributed by atoms with Crippen LogP contribution >= 0.6 is 0 Å². The molecule has 1 aliphatic heterocycles. The molecule has 4 aromatic carbocycles.